The van der Waals surface area contributed by atoms with Crippen molar-refractivity contribution in [1.29, 1.82) is 0 Å². The first kappa shape index (κ1) is 27.3. The lowest BCUT2D eigenvalue weighted by atomic mass is 10.1. The molecule has 200 valence electrons. The second-order valence-corrected chi connectivity index (χ2v) is 12.1. The molecule has 2 aromatic heterocycles. The highest BCUT2D eigenvalue weighted by molar-refractivity contribution is 7.90. The van der Waals surface area contributed by atoms with Gasteiger partial charge < -0.3 is 15.1 Å². The number of nitrogens with zero attached hydrogens (tertiary/aromatic N) is 4. The Morgan fingerprint density at radius 2 is 1.76 bits per heavy atom. The Balaban J connectivity index is 1.33. The van der Waals surface area contributed by atoms with Crippen molar-refractivity contribution >= 4 is 43.1 Å². The average molecular weight is 556 g/mol. The molecule has 1 aliphatic rings. The number of carbonyl (C=O) groups excluding carboxylic acids is 1. The maximum Gasteiger partial charge on any atom is 0.393 e. The fraction of sp³-hybridized carbons (Fsp3) is 0.458. The van der Waals surface area contributed by atoms with E-state index in [-0.39, 0.29) is 28.8 Å². The Morgan fingerprint density at radius 3 is 2.41 bits per heavy atom. The third kappa shape index (κ3) is 7.39. The minimum Gasteiger partial charge on any atom is -0.352 e. The van der Waals surface area contributed by atoms with Gasteiger partial charge in [0.15, 0.2) is 9.84 Å². The summed E-state index contributed by atoms with van der Waals surface area (Å²) in [7, 11) is -3.25. The summed E-state index contributed by atoms with van der Waals surface area (Å²) in [6.45, 7) is 4.36. The molecule has 3 aromatic rings. The second kappa shape index (κ2) is 11.3. The van der Waals surface area contributed by atoms with Crippen LogP contribution in [-0.2, 0) is 33.2 Å². The molecule has 0 bridgehead atoms. The minimum absolute atomic E-state index is 0.0389. The summed E-state index contributed by atoms with van der Waals surface area (Å²) in [4.78, 5) is 25.7. The van der Waals surface area contributed by atoms with Gasteiger partial charge in [-0.1, -0.05) is 31.2 Å². The zero-order valence-corrected chi connectivity index (χ0v) is 21.9. The Morgan fingerprint density at radius 1 is 1.08 bits per heavy atom. The highest BCUT2D eigenvalue weighted by atomic mass is 32.2. The van der Waals surface area contributed by atoms with Gasteiger partial charge >= 0.3 is 6.18 Å². The van der Waals surface area contributed by atoms with Crippen molar-refractivity contribution in [1.82, 2.24) is 20.2 Å². The van der Waals surface area contributed by atoms with Crippen LogP contribution >= 0.6 is 11.3 Å². The molecule has 0 atom stereocenters. The number of hydrogen-bond donors (Lipinski definition) is 1. The van der Waals surface area contributed by atoms with Gasteiger partial charge in [0.05, 0.1) is 29.9 Å². The van der Waals surface area contributed by atoms with Crippen molar-refractivity contribution in [2.24, 2.45) is 0 Å². The second-order valence-electron chi connectivity index (χ2n) is 8.92. The molecule has 37 heavy (non-hydrogen) atoms. The van der Waals surface area contributed by atoms with E-state index < -0.39 is 22.4 Å². The number of carbonyl (C=O) groups is 1. The molecule has 1 saturated heterocycles. The Kier molecular flexibility index (Phi) is 8.34. The Labute approximate surface area is 217 Å². The number of thiophene rings is 1. The Hall–Kier alpha value is -2.77. The predicted octanol–water partition coefficient (Wildman–Crippen LogP) is 3.17. The monoisotopic (exact) mass is 555 g/mol. The average Bonchev–Trinajstić information content (AvgIpc) is 3.25. The third-order valence-electron chi connectivity index (χ3n) is 6.00. The number of halogens is 3. The van der Waals surface area contributed by atoms with Crippen molar-refractivity contribution in [2.75, 3.05) is 43.5 Å². The van der Waals surface area contributed by atoms with Crippen LogP contribution in [0, 0.1) is 0 Å². The van der Waals surface area contributed by atoms with Gasteiger partial charge in [0.2, 0.25) is 5.91 Å². The number of sulfone groups is 1. The van der Waals surface area contributed by atoms with Crippen LogP contribution in [0.3, 0.4) is 0 Å². The molecule has 0 spiro atoms. The number of benzene rings is 1. The zero-order valence-electron chi connectivity index (χ0n) is 20.3. The van der Waals surface area contributed by atoms with E-state index in [9.17, 15) is 26.4 Å². The molecule has 0 aliphatic carbocycles. The summed E-state index contributed by atoms with van der Waals surface area (Å²) in [6, 6.07) is 8.53. The van der Waals surface area contributed by atoms with E-state index in [2.05, 4.69) is 15.3 Å². The van der Waals surface area contributed by atoms with Crippen LogP contribution in [-0.4, -0.2) is 74.0 Å². The molecule has 1 aromatic carbocycles. The maximum atomic E-state index is 12.9. The van der Waals surface area contributed by atoms with Crippen molar-refractivity contribution in [3.05, 3.63) is 52.7 Å². The molecule has 0 radical (unpaired) electrons. The van der Waals surface area contributed by atoms with Gasteiger partial charge in [0, 0.05) is 31.1 Å². The normalized spacial score (nSPS) is 14.9. The summed E-state index contributed by atoms with van der Waals surface area (Å²) in [5, 5.41) is 3.42. The van der Waals surface area contributed by atoms with E-state index in [1.165, 1.54) is 12.4 Å². The lowest BCUT2D eigenvalue weighted by Crippen LogP contribution is -2.49. The van der Waals surface area contributed by atoms with Crippen LogP contribution in [0.1, 0.15) is 22.9 Å². The Bertz CT molecular complexity index is 1340. The van der Waals surface area contributed by atoms with E-state index in [0.29, 0.717) is 54.3 Å². The third-order valence-corrected chi connectivity index (χ3v) is 8.46. The highest BCUT2D eigenvalue weighted by Crippen LogP contribution is 2.34. The van der Waals surface area contributed by atoms with Gasteiger partial charge in [0.1, 0.15) is 17.0 Å². The number of alkyl halides is 3. The predicted molar refractivity (Wildman–Crippen MR) is 137 cm³/mol. The van der Waals surface area contributed by atoms with Crippen LogP contribution < -0.4 is 10.2 Å². The van der Waals surface area contributed by atoms with Crippen LogP contribution in [0.15, 0.2) is 36.7 Å². The topological polar surface area (TPSA) is 95.5 Å². The van der Waals surface area contributed by atoms with Gasteiger partial charge in [-0.3, -0.25) is 4.79 Å². The maximum absolute atomic E-state index is 12.9. The SMILES string of the molecule is CCNCS(=O)(=O)Cc1ccc(CC(=O)N2CCN(c3ncnc4sc(CC(F)(F)F)cc34)CC2)cc1. The summed E-state index contributed by atoms with van der Waals surface area (Å²) < 4.78 is 62.7. The number of amides is 1. The smallest absolute Gasteiger partial charge is 0.352 e. The van der Waals surface area contributed by atoms with Crippen LogP contribution in [0.4, 0.5) is 19.0 Å². The van der Waals surface area contributed by atoms with Crippen LogP contribution in [0.25, 0.3) is 10.2 Å². The molecule has 1 amide bonds. The first-order chi connectivity index (χ1) is 17.5. The van der Waals surface area contributed by atoms with Crippen LogP contribution in [0.2, 0.25) is 0 Å². The fourth-order valence-corrected chi connectivity index (χ4v) is 6.54. The lowest BCUT2D eigenvalue weighted by molar-refractivity contribution is -0.130. The summed E-state index contributed by atoms with van der Waals surface area (Å²) >= 11 is 1.02. The minimum atomic E-state index is -4.29. The van der Waals surface area contributed by atoms with Crippen molar-refractivity contribution in [2.45, 2.75) is 31.7 Å². The quantitative estimate of drug-likeness (QED) is 0.433. The van der Waals surface area contributed by atoms with E-state index in [1.807, 2.05) is 11.8 Å². The lowest BCUT2D eigenvalue weighted by Gasteiger charge is -2.35. The first-order valence-corrected chi connectivity index (χ1v) is 14.5. The molecular formula is C24H28F3N5O3S2. The van der Waals surface area contributed by atoms with E-state index >= 15 is 0 Å². The number of rotatable bonds is 9. The van der Waals surface area contributed by atoms with Gasteiger partial charge in [-0.25, -0.2) is 18.4 Å². The molecule has 4 rings (SSSR count). The van der Waals surface area contributed by atoms with Gasteiger partial charge in [-0.15, -0.1) is 11.3 Å². The number of anilines is 1. The largest absolute Gasteiger partial charge is 0.393 e. The fourth-order valence-electron chi connectivity index (χ4n) is 4.20. The molecule has 3 heterocycles. The first-order valence-electron chi connectivity index (χ1n) is 11.8. The van der Waals surface area contributed by atoms with Crippen molar-refractivity contribution in [3.8, 4) is 0 Å². The number of piperazine rings is 1. The summed E-state index contributed by atoms with van der Waals surface area (Å²) in [6.07, 6.45) is -3.72. The van der Waals surface area contributed by atoms with Crippen molar-refractivity contribution in [3.63, 3.8) is 0 Å². The zero-order chi connectivity index (χ0) is 26.6. The molecule has 8 nitrogen and oxygen atoms in total. The summed E-state index contributed by atoms with van der Waals surface area (Å²) in [5.74, 6) is 0.413. The number of fused-ring (bicyclic) bond motifs is 1. The number of hydrogen-bond acceptors (Lipinski definition) is 8. The molecule has 0 unspecified atom stereocenters. The molecular weight excluding hydrogens is 527 g/mol. The molecule has 13 heteroatoms. The molecule has 0 saturated carbocycles. The molecule has 1 aliphatic heterocycles. The molecule has 1 fully saturated rings. The van der Waals surface area contributed by atoms with E-state index in [4.69, 9.17) is 0 Å². The van der Waals surface area contributed by atoms with Crippen LogP contribution in [0.5, 0.6) is 0 Å². The standard InChI is InChI=1S/C24H28F3N5O3S2/c1-2-28-16-37(34,35)14-18-5-3-17(4-6-18)11-21(33)31-7-9-32(10-8-31)22-20-12-19(13-24(25,26)27)36-23(20)30-15-29-22/h3-6,12,15,28H,2,7-11,13-14,16H2,1H3. The van der Waals surface area contributed by atoms with E-state index in [0.717, 1.165) is 16.9 Å². The van der Waals surface area contributed by atoms with Crippen molar-refractivity contribution < 1.29 is 26.4 Å². The van der Waals surface area contributed by atoms with Gasteiger partial charge in [-0.2, -0.15) is 13.2 Å². The number of nitrogens with one attached hydrogen (secondary N) is 1. The van der Waals surface area contributed by atoms with E-state index in [1.54, 1.807) is 29.2 Å². The number of aromatic nitrogens is 2. The summed E-state index contributed by atoms with van der Waals surface area (Å²) in [5.41, 5.74) is 1.47. The van der Waals surface area contributed by atoms with Gasteiger partial charge in [0.25, 0.3) is 0 Å². The highest BCUT2D eigenvalue weighted by Gasteiger charge is 2.30. The molecule has 1 N–H and O–H groups in total. The van der Waals surface area contributed by atoms with Gasteiger partial charge in [-0.05, 0) is 23.7 Å².